The molecule has 5 heteroatoms. The average Bonchev–Trinajstić information content (AvgIpc) is 2.44. The first-order valence-corrected chi connectivity index (χ1v) is 6.89. The Hall–Kier alpha value is -0.820. The largest absolute Gasteiger partial charge is 0.385 e. The molecule has 0 saturated carbocycles. The van der Waals surface area contributed by atoms with Crippen LogP contribution in [-0.4, -0.2) is 32.8 Å². The van der Waals surface area contributed by atoms with Crippen LogP contribution in [0.25, 0.3) is 0 Å². The van der Waals surface area contributed by atoms with E-state index in [1.165, 1.54) is 5.56 Å². The number of rotatable bonds is 9. The van der Waals surface area contributed by atoms with Crippen molar-refractivity contribution in [2.75, 3.05) is 26.8 Å². The Balaban J connectivity index is 0.00000361. The summed E-state index contributed by atoms with van der Waals surface area (Å²) in [5, 5.41) is 3.14. The number of nitrogens with two attached hydrogens (primary N) is 1. The summed E-state index contributed by atoms with van der Waals surface area (Å²) in [6.45, 7) is 2.44. The number of benzene rings is 1. The quantitative estimate of drug-likeness (QED) is 0.295. The Morgan fingerprint density at radius 3 is 2.65 bits per heavy atom. The first-order chi connectivity index (χ1) is 9.33. The van der Waals surface area contributed by atoms with Crippen molar-refractivity contribution in [1.82, 2.24) is 5.32 Å². The van der Waals surface area contributed by atoms with Gasteiger partial charge in [-0.25, -0.2) is 0 Å². The van der Waals surface area contributed by atoms with Crippen LogP contribution < -0.4 is 11.1 Å². The van der Waals surface area contributed by atoms with Crippen molar-refractivity contribution in [3.05, 3.63) is 35.9 Å². The number of hydrogen-bond donors (Lipinski definition) is 2. The lowest BCUT2D eigenvalue weighted by molar-refractivity contribution is 0.192. The van der Waals surface area contributed by atoms with Gasteiger partial charge >= 0.3 is 0 Å². The summed E-state index contributed by atoms with van der Waals surface area (Å²) in [7, 11) is 1.73. The van der Waals surface area contributed by atoms with Crippen LogP contribution in [0, 0.1) is 0 Å². The van der Waals surface area contributed by atoms with Gasteiger partial charge in [-0.3, -0.25) is 4.99 Å². The molecule has 0 amide bonds. The molecule has 0 radical (unpaired) electrons. The molecule has 114 valence electrons. The second-order valence-electron chi connectivity index (χ2n) is 4.48. The normalized spacial score (nSPS) is 10.9. The highest BCUT2D eigenvalue weighted by atomic mass is 127. The van der Waals surface area contributed by atoms with Crippen LogP contribution in [0.2, 0.25) is 0 Å². The summed E-state index contributed by atoms with van der Waals surface area (Å²) < 4.78 is 4.99. The Kier molecular flexibility index (Phi) is 12.6. The molecule has 20 heavy (non-hydrogen) atoms. The monoisotopic (exact) mass is 391 g/mol. The Labute approximate surface area is 139 Å². The molecule has 3 N–H and O–H groups in total. The zero-order chi connectivity index (χ0) is 13.8. The van der Waals surface area contributed by atoms with E-state index in [1.54, 1.807) is 7.11 Å². The van der Waals surface area contributed by atoms with E-state index in [4.69, 9.17) is 10.5 Å². The van der Waals surface area contributed by atoms with Crippen LogP contribution >= 0.6 is 24.0 Å². The summed E-state index contributed by atoms with van der Waals surface area (Å²) in [6, 6.07) is 10.4. The maximum Gasteiger partial charge on any atom is 0.188 e. The summed E-state index contributed by atoms with van der Waals surface area (Å²) in [6.07, 6.45) is 4.25. The maximum absolute atomic E-state index is 5.79. The molecule has 0 saturated heterocycles. The number of hydrogen-bond acceptors (Lipinski definition) is 2. The van der Waals surface area contributed by atoms with Crippen molar-refractivity contribution in [2.24, 2.45) is 10.7 Å². The van der Waals surface area contributed by atoms with Gasteiger partial charge in [0.1, 0.15) is 0 Å². The molecule has 1 rings (SSSR count). The second-order valence-corrected chi connectivity index (χ2v) is 4.48. The molecule has 1 aromatic carbocycles. The average molecular weight is 391 g/mol. The van der Waals surface area contributed by atoms with E-state index in [1.807, 2.05) is 18.2 Å². The third-order valence-corrected chi connectivity index (χ3v) is 2.85. The SMILES string of the molecule is COCCCCCN=C(N)NCCc1ccccc1.I. The number of guanidine groups is 1. The number of nitrogens with zero attached hydrogens (tertiary/aromatic N) is 1. The summed E-state index contributed by atoms with van der Waals surface area (Å²) in [5.41, 5.74) is 7.10. The second kappa shape index (κ2) is 13.2. The van der Waals surface area contributed by atoms with Crippen LogP contribution in [0.5, 0.6) is 0 Å². The predicted molar refractivity (Wildman–Crippen MR) is 95.8 cm³/mol. The van der Waals surface area contributed by atoms with Crippen molar-refractivity contribution in [2.45, 2.75) is 25.7 Å². The molecular formula is C15H26IN3O. The molecule has 0 unspecified atom stereocenters. The third-order valence-electron chi connectivity index (χ3n) is 2.85. The van der Waals surface area contributed by atoms with Crippen molar-refractivity contribution in [3.8, 4) is 0 Å². The zero-order valence-corrected chi connectivity index (χ0v) is 14.5. The molecule has 0 aliphatic rings. The Morgan fingerprint density at radius 1 is 1.20 bits per heavy atom. The van der Waals surface area contributed by atoms with E-state index in [0.717, 1.165) is 45.4 Å². The van der Waals surface area contributed by atoms with Crippen LogP contribution in [0.3, 0.4) is 0 Å². The highest BCUT2D eigenvalue weighted by Gasteiger charge is 1.94. The fraction of sp³-hybridized carbons (Fsp3) is 0.533. The minimum Gasteiger partial charge on any atom is -0.385 e. The van der Waals surface area contributed by atoms with Gasteiger partial charge in [-0.2, -0.15) is 0 Å². The number of unbranched alkanes of at least 4 members (excludes halogenated alkanes) is 2. The van der Waals surface area contributed by atoms with E-state index in [0.29, 0.717) is 5.96 Å². The highest BCUT2D eigenvalue weighted by molar-refractivity contribution is 14.0. The van der Waals surface area contributed by atoms with E-state index in [9.17, 15) is 0 Å². The topological polar surface area (TPSA) is 59.6 Å². The molecule has 0 aromatic heterocycles. The van der Waals surface area contributed by atoms with Gasteiger partial charge in [0.25, 0.3) is 0 Å². The van der Waals surface area contributed by atoms with Crippen molar-refractivity contribution < 1.29 is 4.74 Å². The van der Waals surface area contributed by atoms with Gasteiger partial charge in [-0.05, 0) is 31.2 Å². The molecule has 0 atom stereocenters. The third kappa shape index (κ3) is 10.0. The van der Waals surface area contributed by atoms with Crippen molar-refractivity contribution in [1.29, 1.82) is 0 Å². The van der Waals surface area contributed by atoms with Gasteiger partial charge in [0.15, 0.2) is 5.96 Å². The lowest BCUT2D eigenvalue weighted by atomic mass is 10.1. The van der Waals surface area contributed by atoms with E-state index >= 15 is 0 Å². The summed E-state index contributed by atoms with van der Waals surface area (Å²) >= 11 is 0. The molecule has 4 nitrogen and oxygen atoms in total. The zero-order valence-electron chi connectivity index (χ0n) is 12.2. The molecule has 1 aromatic rings. The van der Waals surface area contributed by atoms with E-state index in [2.05, 4.69) is 22.4 Å². The fourth-order valence-corrected chi connectivity index (χ4v) is 1.77. The number of methoxy groups -OCH3 is 1. The van der Waals surface area contributed by atoms with Gasteiger partial charge in [-0.1, -0.05) is 30.3 Å². The van der Waals surface area contributed by atoms with E-state index in [-0.39, 0.29) is 24.0 Å². The number of nitrogens with one attached hydrogen (secondary N) is 1. The van der Waals surface area contributed by atoms with Gasteiger partial charge in [0.2, 0.25) is 0 Å². The van der Waals surface area contributed by atoms with Gasteiger partial charge < -0.3 is 15.8 Å². The lowest BCUT2D eigenvalue weighted by Gasteiger charge is -2.05. The maximum atomic E-state index is 5.79. The molecule has 0 bridgehead atoms. The molecule has 0 spiro atoms. The summed E-state index contributed by atoms with van der Waals surface area (Å²) in [5.74, 6) is 0.544. The number of halogens is 1. The number of ether oxygens (including phenoxy) is 1. The molecule has 0 aliphatic carbocycles. The highest BCUT2D eigenvalue weighted by Crippen LogP contribution is 1.98. The van der Waals surface area contributed by atoms with Crippen molar-refractivity contribution >= 4 is 29.9 Å². The van der Waals surface area contributed by atoms with Gasteiger partial charge in [-0.15, -0.1) is 24.0 Å². The smallest absolute Gasteiger partial charge is 0.188 e. The molecular weight excluding hydrogens is 365 g/mol. The Morgan fingerprint density at radius 2 is 1.95 bits per heavy atom. The number of aliphatic imine (C=N–C) groups is 1. The van der Waals surface area contributed by atoms with Crippen LogP contribution in [0.15, 0.2) is 35.3 Å². The van der Waals surface area contributed by atoms with Gasteiger partial charge in [0.05, 0.1) is 0 Å². The summed E-state index contributed by atoms with van der Waals surface area (Å²) in [4.78, 5) is 4.30. The Bertz CT molecular complexity index is 357. The van der Waals surface area contributed by atoms with Crippen LogP contribution in [0.4, 0.5) is 0 Å². The van der Waals surface area contributed by atoms with Crippen molar-refractivity contribution in [3.63, 3.8) is 0 Å². The van der Waals surface area contributed by atoms with Crippen LogP contribution in [-0.2, 0) is 11.2 Å². The van der Waals surface area contributed by atoms with Crippen LogP contribution in [0.1, 0.15) is 24.8 Å². The standard InChI is InChI=1S/C15H25N3O.HI/c1-19-13-7-3-6-11-17-15(16)18-12-10-14-8-4-2-5-9-14;/h2,4-5,8-9H,3,6-7,10-13H2,1H3,(H3,16,17,18);1H. The first-order valence-electron chi connectivity index (χ1n) is 6.89. The molecule has 0 fully saturated rings. The van der Waals surface area contributed by atoms with Gasteiger partial charge in [0, 0.05) is 26.8 Å². The predicted octanol–water partition coefficient (Wildman–Crippen LogP) is 2.57. The fourth-order valence-electron chi connectivity index (χ4n) is 1.77. The minimum atomic E-state index is 0. The first kappa shape index (κ1) is 19.2. The van der Waals surface area contributed by atoms with E-state index < -0.39 is 0 Å². The minimum absolute atomic E-state index is 0. The molecule has 0 aliphatic heterocycles. The molecule has 0 heterocycles. The lowest BCUT2D eigenvalue weighted by Crippen LogP contribution is -2.33.